The zero-order chi connectivity index (χ0) is 29.1. The minimum absolute atomic E-state index is 0.178. The largest absolute Gasteiger partial charge is 0.325 e. The van der Waals surface area contributed by atoms with Crippen molar-refractivity contribution in [2.24, 2.45) is 0 Å². The molecule has 0 radical (unpaired) electrons. The first-order valence-corrected chi connectivity index (χ1v) is 13.8. The topological polar surface area (TPSA) is 123 Å². The molecule has 10 nitrogen and oxygen atoms in total. The lowest BCUT2D eigenvalue weighted by Crippen LogP contribution is -2.28. The lowest BCUT2D eigenvalue weighted by atomic mass is 9.82. The molecule has 0 aliphatic heterocycles. The van der Waals surface area contributed by atoms with E-state index in [2.05, 4.69) is 31.1 Å². The Morgan fingerprint density at radius 1 is 0.625 bits per heavy atom. The van der Waals surface area contributed by atoms with Crippen molar-refractivity contribution in [1.29, 1.82) is 0 Å². The Morgan fingerprint density at radius 2 is 1.02 bits per heavy atom. The van der Waals surface area contributed by atoms with Gasteiger partial charge in [-0.3, -0.25) is 19.2 Å². The second-order valence-corrected chi connectivity index (χ2v) is 10.5. The lowest BCUT2D eigenvalue weighted by molar-refractivity contribution is -0.116. The van der Waals surface area contributed by atoms with E-state index < -0.39 is 0 Å². The summed E-state index contributed by atoms with van der Waals surface area (Å²) >= 11 is 0. The van der Waals surface area contributed by atoms with Crippen molar-refractivity contribution in [2.75, 3.05) is 78.1 Å². The molecule has 1 aliphatic rings. The molecule has 216 valence electrons. The van der Waals surface area contributed by atoms with E-state index in [4.69, 9.17) is 0 Å². The maximum Gasteiger partial charge on any atom is 0.225 e. The van der Waals surface area contributed by atoms with Gasteiger partial charge in [-0.05, 0) is 79.3 Å². The third kappa shape index (κ3) is 8.79. The summed E-state index contributed by atoms with van der Waals surface area (Å²) in [5.74, 6) is -1.20. The van der Waals surface area contributed by atoms with E-state index in [0.29, 0.717) is 24.5 Å². The first kappa shape index (κ1) is 31.1. The average Bonchev–Trinajstić information content (AvgIpc) is 2.90. The van der Waals surface area contributed by atoms with Gasteiger partial charge >= 0.3 is 0 Å². The number of hydrogen-bond acceptors (Lipinski definition) is 8. The molecule has 0 heterocycles. The highest BCUT2D eigenvalue weighted by Crippen LogP contribution is 2.35. The Kier molecular flexibility index (Phi) is 12.0. The molecule has 0 atom stereocenters. The molecule has 40 heavy (non-hydrogen) atoms. The lowest BCUT2D eigenvalue weighted by Gasteiger charge is -2.22. The number of hydrogen-bond donors (Lipinski definition) is 4. The maximum atomic E-state index is 13.6. The van der Waals surface area contributed by atoms with E-state index in [9.17, 15) is 19.2 Å². The normalized spacial score (nSPS) is 12.4. The van der Waals surface area contributed by atoms with Crippen molar-refractivity contribution in [3.63, 3.8) is 0 Å². The number of carbonyl (C=O) groups excluding carboxylic acids is 4. The summed E-state index contributed by atoms with van der Waals surface area (Å²) in [6, 6.07) is 9.72. The number of carbonyl (C=O) groups is 4. The zero-order valence-electron chi connectivity index (χ0n) is 24.1. The Morgan fingerprint density at radius 3 is 1.40 bits per heavy atom. The SMILES string of the molecule is CN(C)CCCNCCC(=O)Nc1cccc2c1C(=O)c1cccc(NC(=O)CCNCCCN(C)C)c1C2=O. The van der Waals surface area contributed by atoms with Crippen LogP contribution in [-0.2, 0) is 9.59 Å². The molecule has 0 fully saturated rings. The van der Waals surface area contributed by atoms with Crippen LogP contribution < -0.4 is 21.3 Å². The Hall–Kier alpha value is -3.44. The molecule has 2 aromatic carbocycles. The molecule has 0 saturated carbocycles. The maximum absolute atomic E-state index is 13.6. The van der Waals surface area contributed by atoms with Gasteiger partial charge in [0, 0.05) is 37.1 Å². The first-order valence-electron chi connectivity index (χ1n) is 13.8. The fourth-order valence-corrected chi connectivity index (χ4v) is 4.57. The van der Waals surface area contributed by atoms with E-state index in [1.54, 1.807) is 36.4 Å². The monoisotopic (exact) mass is 550 g/mol. The Labute approximate surface area is 236 Å². The molecule has 1 aliphatic carbocycles. The van der Waals surface area contributed by atoms with Crippen LogP contribution in [0.5, 0.6) is 0 Å². The third-order valence-electron chi connectivity index (χ3n) is 6.60. The molecule has 0 spiro atoms. The minimum Gasteiger partial charge on any atom is -0.325 e. The fourth-order valence-electron chi connectivity index (χ4n) is 4.57. The Bertz CT molecular complexity index is 1120. The molecule has 10 heteroatoms. The van der Waals surface area contributed by atoms with Crippen molar-refractivity contribution in [3.8, 4) is 0 Å². The van der Waals surface area contributed by atoms with Gasteiger partial charge < -0.3 is 31.1 Å². The molecule has 0 saturated heterocycles. The number of fused-ring (bicyclic) bond motifs is 2. The van der Waals surface area contributed by atoms with Crippen molar-refractivity contribution in [3.05, 3.63) is 58.7 Å². The highest BCUT2D eigenvalue weighted by atomic mass is 16.2. The fraction of sp³-hybridized carbons (Fsp3) is 0.467. The van der Waals surface area contributed by atoms with Gasteiger partial charge in [-0.15, -0.1) is 0 Å². The van der Waals surface area contributed by atoms with E-state index in [1.807, 2.05) is 28.2 Å². The number of ketones is 2. The number of anilines is 2. The van der Waals surface area contributed by atoms with Gasteiger partial charge in [0.25, 0.3) is 0 Å². The van der Waals surface area contributed by atoms with Crippen LogP contribution in [0.3, 0.4) is 0 Å². The highest BCUT2D eigenvalue weighted by molar-refractivity contribution is 6.32. The molecule has 4 N–H and O–H groups in total. The van der Waals surface area contributed by atoms with E-state index in [-0.39, 0.29) is 58.5 Å². The summed E-state index contributed by atoms with van der Waals surface area (Å²) in [5.41, 5.74) is 1.40. The van der Waals surface area contributed by atoms with E-state index >= 15 is 0 Å². The summed E-state index contributed by atoms with van der Waals surface area (Å²) in [6.45, 7) is 4.57. The molecule has 2 aromatic rings. The zero-order valence-corrected chi connectivity index (χ0v) is 24.1. The minimum atomic E-state index is -0.360. The van der Waals surface area contributed by atoms with Crippen molar-refractivity contribution >= 4 is 34.8 Å². The summed E-state index contributed by atoms with van der Waals surface area (Å²) in [4.78, 5) is 56.5. The van der Waals surface area contributed by atoms with Gasteiger partial charge in [-0.25, -0.2) is 0 Å². The second-order valence-electron chi connectivity index (χ2n) is 10.5. The van der Waals surface area contributed by atoms with Crippen molar-refractivity contribution in [1.82, 2.24) is 20.4 Å². The van der Waals surface area contributed by atoms with Crippen LogP contribution in [0.1, 0.15) is 57.5 Å². The quantitative estimate of drug-likeness (QED) is 0.200. The Balaban J connectivity index is 1.63. The number of nitrogens with one attached hydrogen (secondary N) is 4. The van der Waals surface area contributed by atoms with Crippen LogP contribution in [0.2, 0.25) is 0 Å². The number of nitrogens with zero attached hydrogens (tertiary/aromatic N) is 2. The van der Waals surface area contributed by atoms with E-state index in [1.165, 1.54) is 0 Å². The van der Waals surface area contributed by atoms with Crippen LogP contribution in [-0.4, -0.2) is 101 Å². The molecular formula is C30H42N6O4. The third-order valence-corrected chi connectivity index (χ3v) is 6.60. The highest BCUT2D eigenvalue weighted by Gasteiger charge is 2.34. The van der Waals surface area contributed by atoms with E-state index in [0.717, 1.165) is 39.0 Å². The molecule has 0 aromatic heterocycles. The van der Waals surface area contributed by atoms with Gasteiger partial charge in [0.05, 0.1) is 22.5 Å². The summed E-state index contributed by atoms with van der Waals surface area (Å²) in [6.07, 6.45) is 2.44. The number of rotatable bonds is 16. The molecule has 0 unspecified atom stereocenters. The standard InChI is InChI=1S/C30H42N6O4/c1-35(2)19-7-15-31-17-13-25(37)33-23-11-5-9-21-27(23)29(39)22-10-6-12-24(28(22)30(21)40)34-26(38)14-18-32-16-8-20-36(3)4/h5-6,9-12,31-32H,7-8,13-20H2,1-4H3,(H,33,37)(H,34,38). The van der Waals surface area contributed by atoms with Gasteiger partial charge in [0.15, 0.2) is 11.6 Å². The predicted molar refractivity (Wildman–Crippen MR) is 158 cm³/mol. The average molecular weight is 551 g/mol. The summed E-state index contributed by atoms with van der Waals surface area (Å²) < 4.78 is 0. The molecule has 0 bridgehead atoms. The predicted octanol–water partition coefficient (Wildman–Crippen LogP) is 2.20. The van der Waals surface area contributed by atoms with Crippen LogP contribution in [0.15, 0.2) is 36.4 Å². The van der Waals surface area contributed by atoms with Crippen molar-refractivity contribution in [2.45, 2.75) is 25.7 Å². The number of benzene rings is 2. The van der Waals surface area contributed by atoms with Gasteiger partial charge in [-0.2, -0.15) is 0 Å². The molecule has 2 amide bonds. The summed E-state index contributed by atoms with van der Waals surface area (Å²) in [5, 5.41) is 12.1. The summed E-state index contributed by atoms with van der Waals surface area (Å²) in [7, 11) is 8.07. The second kappa shape index (κ2) is 15.4. The van der Waals surface area contributed by atoms with Crippen LogP contribution in [0.4, 0.5) is 11.4 Å². The van der Waals surface area contributed by atoms with Crippen LogP contribution >= 0.6 is 0 Å². The van der Waals surface area contributed by atoms with Crippen molar-refractivity contribution < 1.29 is 19.2 Å². The van der Waals surface area contributed by atoms with Gasteiger partial charge in [0.2, 0.25) is 11.8 Å². The van der Waals surface area contributed by atoms with Gasteiger partial charge in [-0.1, -0.05) is 24.3 Å². The van der Waals surface area contributed by atoms with Crippen LogP contribution in [0.25, 0.3) is 0 Å². The van der Waals surface area contributed by atoms with Crippen LogP contribution in [0, 0.1) is 0 Å². The molecule has 3 rings (SSSR count). The molecular weight excluding hydrogens is 508 g/mol. The van der Waals surface area contributed by atoms with Gasteiger partial charge in [0.1, 0.15) is 0 Å². The number of amides is 2. The smallest absolute Gasteiger partial charge is 0.225 e. The first-order chi connectivity index (χ1) is 19.2.